The standard InChI is InChI=1S/C23H20N4O2S2/c1-16-26-19(14-30-16)13-29-20-4-2-3-17(11-20)5-6-22(28)25-12-23-27-21(15-31-23)18-7-9-24-10-8-18/h2-11,14-15H,12-13H2,1H3,(H,25,28)/b6-5+. The third-order valence-electron chi connectivity index (χ3n) is 4.28. The maximum absolute atomic E-state index is 12.2. The Labute approximate surface area is 188 Å². The number of nitrogens with zero attached hydrogens (tertiary/aromatic N) is 3. The SMILES string of the molecule is Cc1nc(COc2cccc(/C=C/C(=O)NCc3nc(-c4ccncc4)cs3)c2)cs1. The van der Waals surface area contributed by atoms with Gasteiger partial charge in [-0.25, -0.2) is 9.97 Å². The van der Waals surface area contributed by atoms with E-state index in [1.165, 1.54) is 17.4 Å². The number of amides is 1. The normalized spacial score (nSPS) is 11.0. The lowest BCUT2D eigenvalue weighted by molar-refractivity contribution is -0.116. The molecule has 0 atom stereocenters. The average molecular weight is 449 g/mol. The molecule has 0 radical (unpaired) electrons. The van der Waals surface area contributed by atoms with E-state index in [0.29, 0.717) is 13.2 Å². The van der Waals surface area contributed by atoms with E-state index in [0.717, 1.165) is 38.3 Å². The van der Waals surface area contributed by atoms with Gasteiger partial charge in [0.05, 0.1) is 22.9 Å². The smallest absolute Gasteiger partial charge is 0.244 e. The number of carbonyl (C=O) groups excluding carboxylic acids is 1. The highest BCUT2D eigenvalue weighted by Crippen LogP contribution is 2.21. The van der Waals surface area contributed by atoms with Gasteiger partial charge in [-0.2, -0.15) is 0 Å². The van der Waals surface area contributed by atoms with Crippen LogP contribution < -0.4 is 10.1 Å². The molecule has 3 aromatic heterocycles. The number of carbonyl (C=O) groups is 1. The van der Waals surface area contributed by atoms with Crippen LogP contribution in [0.3, 0.4) is 0 Å². The first kappa shape index (κ1) is 20.9. The third kappa shape index (κ3) is 6.07. The first-order chi connectivity index (χ1) is 15.2. The first-order valence-electron chi connectivity index (χ1n) is 9.60. The van der Waals surface area contributed by atoms with Crippen molar-refractivity contribution in [1.82, 2.24) is 20.3 Å². The van der Waals surface area contributed by atoms with Crippen LogP contribution in [0, 0.1) is 6.92 Å². The number of pyridine rings is 1. The van der Waals surface area contributed by atoms with E-state index < -0.39 is 0 Å². The minimum absolute atomic E-state index is 0.176. The van der Waals surface area contributed by atoms with Gasteiger partial charge in [-0.15, -0.1) is 22.7 Å². The van der Waals surface area contributed by atoms with Crippen LogP contribution in [0.15, 0.2) is 65.6 Å². The molecule has 0 unspecified atom stereocenters. The maximum Gasteiger partial charge on any atom is 0.244 e. The fourth-order valence-electron chi connectivity index (χ4n) is 2.78. The Bertz CT molecular complexity index is 1190. The van der Waals surface area contributed by atoms with Gasteiger partial charge in [0, 0.05) is 34.8 Å². The second-order valence-corrected chi connectivity index (χ2v) is 8.64. The van der Waals surface area contributed by atoms with Crippen molar-refractivity contribution in [3.05, 3.63) is 86.9 Å². The van der Waals surface area contributed by atoms with Gasteiger partial charge < -0.3 is 10.1 Å². The lowest BCUT2D eigenvalue weighted by Crippen LogP contribution is -2.20. The molecule has 1 N–H and O–H groups in total. The van der Waals surface area contributed by atoms with Crippen molar-refractivity contribution in [3.8, 4) is 17.0 Å². The van der Waals surface area contributed by atoms with E-state index in [4.69, 9.17) is 4.74 Å². The van der Waals surface area contributed by atoms with E-state index in [2.05, 4.69) is 20.3 Å². The molecule has 4 aromatic rings. The van der Waals surface area contributed by atoms with Gasteiger partial charge in [0.25, 0.3) is 0 Å². The summed E-state index contributed by atoms with van der Waals surface area (Å²) in [6.07, 6.45) is 6.75. The van der Waals surface area contributed by atoms with E-state index in [1.807, 2.05) is 54.1 Å². The van der Waals surface area contributed by atoms with Crippen molar-refractivity contribution in [2.45, 2.75) is 20.1 Å². The number of nitrogens with one attached hydrogen (secondary N) is 1. The Hall–Kier alpha value is -3.36. The van der Waals surface area contributed by atoms with Crippen LogP contribution in [0.4, 0.5) is 0 Å². The molecule has 0 spiro atoms. The van der Waals surface area contributed by atoms with Gasteiger partial charge in [0.1, 0.15) is 17.4 Å². The molecule has 0 aliphatic carbocycles. The average Bonchev–Trinajstić information content (AvgIpc) is 3.45. The summed E-state index contributed by atoms with van der Waals surface area (Å²) in [7, 11) is 0. The monoisotopic (exact) mass is 448 g/mol. The van der Waals surface area contributed by atoms with Gasteiger partial charge in [-0.3, -0.25) is 9.78 Å². The van der Waals surface area contributed by atoms with Crippen molar-refractivity contribution in [2.24, 2.45) is 0 Å². The zero-order chi connectivity index (χ0) is 21.5. The maximum atomic E-state index is 12.2. The van der Waals surface area contributed by atoms with Gasteiger partial charge >= 0.3 is 0 Å². The van der Waals surface area contributed by atoms with Crippen molar-refractivity contribution < 1.29 is 9.53 Å². The van der Waals surface area contributed by atoms with E-state index in [1.54, 1.807) is 29.8 Å². The number of benzene rings is 1. The zero-order valence-corrected chi connectivity index (χ0v) is 18.5. The zero-order valence-electron chi connectivity index (χ0n) is 16.8. The highest BCUT2D eigenvalue weighted by Gasteiger charge is 2.05. The Morgan fingerprint density at radius 3 is 2.81 bits per heavy atom. The van der Waals surface area contributed by atoms with Gasteiger partial charge in [-0.1, -0.05) is 12.1 Å². The van der Waals surface area contributed by atoms with Crippen molar-refractivity contribution in [3.63, 3.8) is 0 Å². The van der Waals surface area contributed by atoms with Crippen molar-refractivity contribution in [2.75, 3.05) is 0 Å². The number of hydrogen-bond acceptors (Lipinski definition) is 7. The number of aromatic nitrogens is 3. The van der Waals surface area contributed by atoms with Crippen LogP contribution >= 0.6 is 22.7 Å². The minimum Gasteiger partial charge on any atom is -0.487 e. The third-order valence-corrected chi connectivity index (χ3v) is 5.95. The van der Waals surface area contributed by atoms with E-state index >= 15 is 0 Å². The molecule has 6 nitrogen and oxygen atoms in total. The molecular weight excluding hydrogens is 428 g/mol. The molecule has 156 valence electrons. The topological polar surface area (TPSA) is 77.0 Å². The molecule has 3 heterocycles. The van der Waals surface area contributed by atoms with Crippen LogP contribution in [-0.4, -0.2) is 20.9 Å². The summed E-state index contributed by atoms with van der Waals surface area (Å²) in [5, 5.41) is 8.71. The Morgan fingerprint density at radius 2 is 2.00 bits per heavy atom. The molecule has 1 aromatic carbocycles. The summed E-state index contributed by atoms with van der Waals surface area (Å²) in [6.45, 7) is 2.78. The summed E-state index contributed by atoms with van der Waals surface area (Å²) in [5.41, 5.74) is 3.70. The van der Waals surface area contributed by atoms with E-state index in [9.17, 15) is 4.79 Å². The van der Waals surface area contributed by atoms with Crippen LogP contribution in [-0.2, 0) is 17.9 Å². The van der Waals surface area contributed by atoms with Crippen molar-refractivity contribution >= 4 is 34.7 Å². The Morgan fingerprint density at radius 1 is 1.13 bits per heavy atom. The molecule has 0 saturated carbocycles. The molecule has 0 fully saturated rings. The van der Waals surface area contributed by atoms with Crippen LogP contribution in [0.5, 0.6) is 5.75 Å². The number of rotatable bonds is 8. The fourth-order valence-corrected chi connectivity index (χ4v) is 4.12. The van der Waals surface area contributed by atoms with Gasteiger partial charge in [0.2, 0.25) is 5.91 Å². The molecule has 8 heteroatoms. The summed E-state index contributed by atoms with van der Waals surface area (Å²) in [5.74, 6) is 0.560. The fraction of sp³-hybridized carbons (Fsp3) is 0.130. The largest absolute Gasteiger partial charge is 0.487 e. The van der Waals surface area contributed by atoms with E-state index in [-0.39, 0.29) is 5.91 Å². The second-order valence-electron chi connectivity index (χ2n) is 6.63. The molecule has 1 amide bonds. The molecular formula is C23H20N4O2S2. The van der Waals surface area contributed by atoms with Gasteiger partial charge in [0.15, 0.2) is 0 Å². The lowest BCUT2D eigenvalue weighted by atomic mass is 10.2. The molecule has 4 rings (SSSR count). The highest BCUT2D eigenvalue weighted by molar-refractivity contribution is 7.10. The van der Waals surface area contributed by atoms with Crippen LogP contribution in [0.25, 0.3) is 17.3 Å². The molecule has 0 aliphatic heterocycles. The van der Waals surface area contributed by atoms with Crippen molar-refractivity contribution in [1.29, 1.82) is 0 Å². The van der Waals surface area contributed by atoms with Crippen LogP contribution in [0.2, 0.25) is 0 Å². The number of ether oxygens (including phenoxy) is 1. The molecule has 0 saturated heterocycles. The number of aryl methyl sites for hydroxylation is 1. The summed E-state index contributed by atoms with van der Waals surface area (Å²) < 4.78 is 5.80. The minimum atomic E-state index is -0.176. The summed E-state index contributed by atoms with van der Waals surface area (Å²) in [4.78, 5) is 25.2. The molecule has 31 heavy (non-hydrogen) atoms. The predicted molar refractivity (Wildman–Crippen MR) is 124 cm³/mol. The lowest BCUT2D eigenvalue weighted by Gasteiger charge is -2.05. The first-order valence-corrected chi connectivity index (χ1v) is 11.4. The number of thiazole rings is 2. The summed E-state index contributed by atoms with van der Waals surface area (Å²) in [6, 6.07) is 11.4. The van der Waals surface area contributed by atoms with Crippen LogP contribution in [0.1, 0.15) is 21.3 Å². The Kier molecular flexibility index (Phi) is 6.81. The summed E-state index contributed by atoms with van der Waals surface area (Å²) >= 11 is 3.12. The highest BCUT2D eigenvalue weighted by atomic mass is 32.1. The second kappa shape index (κ2) is 10.1. The quantitative estimate of drug-likeness (QED) is 0.389. The molecule has 0 aliphatic rings. The number of hydrogen-bond donors (Lipinski definition) is 1. The Balaban J connectivity index is 1.28. The van der Waals surface area contributed by atoms with Gasteiger partial charge in [-0.05, 0) is 42.8 Å². The predicted octanol–water partition coefficient (Wildman–Crippen LogP) is 4.88. The molecule has 0 bridgehead atoms.